The number of alkyl halides is 1. The lowest BCUT2D eigenvalue weighted by Gasteiger charge is -2.27. The number of piperidine rings is 1. The van der Waals surface area contributed by atoms with E-state index in [4.69, 9.17) is 16.3 Å². The summed E-state index contributed by atoms with van der Waals surface area (Å²) in [4.78, 5) is 0. The lowest BCUT2D eigenvalue weighted by atomic mass is 10.0. The van der Waals surface area contributed by atoms with Gasteiger partial charge in [-0.25, -0.2) is 0 Å². The molecule has 0 saturated carbocycles. The third-order valence-corrected chi connectivity index (χ3v) is 2.36. The predicted molar refractivity (Wildman–Crippen MR) is 42.5 cm³/mol. The van der Waals surface area contributed by atoms with Gasteiger partial charge in [0.15, 0.2) is 0 Å². The van der Waals surface area contributed by atoms with E-state index in [-0.39, 0.29) is 0 Å². The van der Waals surface area contributed by atoms with Crippen LogP contribution in [0.3, 0.4) is 0 Å². The van der Waals surface area contributed by atoms with Gasteiger partial charge in [-0.3, -0.25) is 0 Å². The highest BCUT2D eigenvalue weighted by Crippen LogP contribution is 2.10. The first-order valence-corrected chi connectivity index (χ1v) is 4.22. The van der Waals surface area contributed by atoms with E-state index < -0.39 is 0 Å². The first kappa shape index (κ1) is 8.31. The minimum absolute atomic E-state index is 0.402. The Bertz CT molecular complexity index is 79.6. The monoisotopic (exact) mass is 163 g/mol. The fourth-order valence-corrected chi connectivity index (χ4v) is 1.49. The molecular weight excluding hydrogens is 150 g/mol. The molecule has 0 aliphatic carbocycles. The molecule has 3 heteroatoms. The highest BCUT2D eigenvalue weighted by Gasteiger charge is 2.18. The molecule has 1 aliphatic heterocycles. The van der Waals surface area contributed by atoms with Crippen molar-refractivity contribution in [3.8, 4) is 0 Å². The number of rotatable bonds is 2. The molecule has 1 saturated heterocycles. The summed E-state index contributed by atoms with van der Waals surface area (Å²) in [6, 6.07) is 0.507. The van der Waals surface area contributed by atoms with Crippen molar-refractivity contribution in [3.05, 3.63) is 0 Å². The predicted octanol–water partition coefficient (Wildman–Crippen LogP) is 0.992. The molecule has 0 bridgehead atoms. The van der Waals surface area contributed by atoms with Crippen molar-refractivity contribution in [3.63, 3.8) is 0 Å². The summed E-state index contributed by atoms with van der Waals surface area (Å²) in [5, 5.41) is 3.31. The Hall–Kier alpha value is 0.210. The summed E-state index contributed by atoms with van der Waals surface area (Å²) in [6.07, 6.45) is 2.68. The average molecular weight is 164 g/mol. The molecule has 0 aromatic rings. The van der Waals surface area contributed by atoms with Gasteiger partial charge < -0.3 is 10.1 Å². The molecule has 1 fully saturated rings. The Labute approximate surface area is 66.9 Å². The van der Waals surface area contributed by atoms with Crippen molar-refractivity contribution >= 4 is 11.6 Å². The van der Waals surface area contributed by atoms with E-state index in [1.165, 1.54) is 0 Å². The van der Waals surface area contributed by atoms with Gasteiger partial charge in [-0.2, -0.15) is 0 Å². The zero-order valence-corrected chi connectivity index (χ0v) is 7.03. The molecule has 10 heavy (non-hydrogen) atoms. The van der Waals surface area contributed by atoms with E-state index >= 15 is 0 Å². The van der Waals surface area contributed by atoms with Crippen LogP contribution in [0, 0.1) is 0 Å². The van der Waals surface area contributed by atoms with E-state index in [0.717, 1.165) is 25.3 Å². The number of hydrogen-bond acceptors (Lipinski definition) is 2. The Morgan fingerprint density at radius 2 is 2.40 bits per heavy atom. The largest absolute Gasteiger partial charge is 0.380 e. The summed E-state index contributed by atoms with van der Waals surface area (Å²) in [5.41, 5.74) is 0. The first-order valence-electron chi connectivity index (χ1n) is 3.69. The zero-order valence-electron chi connectivity index (χ0n) is 6.27. The van der Waals surface area contributed by atoms with E-state index in [2.05, 4.69) is 5.32 Å². The summed E-state index contributed by atoms with van der Waals surface area (Å²) >= 11 is 5.67. The van der Waals surface area contributed by atoms with Crippen molar-refractivity contribution in [2.75, 3.05) is 19.5 Å². The molecule has 0 spiro atoms. The fourth-order valence-electron chi connectivity index (χ4n) is 1.22. The van der Waals surface area contributed by atoms with Gasteiger partial charge in [0.1, 0.15) is 0 Å². The van der Waals surface area contributed by atoms with Gasteiger partial charge >= 0.3 is 0 Å². The maximum atomic E-state index is 5.67. The number of ether oxygens (including phenoxy) is 1. The Balaban J connectivity index is 2.17. The SMILES string of the molecule is COC1CCC(CCl)NC1. The molecule has 60 valence electrons. The normalized spacial score (nSPS) is 34.2. The van der Waals surface area contributed by atoms with Gasteiger partial charge in [0.05, 0.1) is 6.10 Å². The van der Waals surface area contributed by atoms with Crippen LogP contribution in [0.2, 0.25) is 0 Å². The second kappa shape index (κ2) is 4.16. The smallest absolute Gasteiger partial charge is 0.0696 e. The lowest BCUT2D eigenvalue weighted by molar-refractivity contribution is 0.0727. The van der Waals surface area contributed by atoms with Crippen LogP contribution in [0.5, 0.6) is 0 Å². The van der Waals surface area contributed by atoms with Crippen molar-refractivity contribution < 1.29 is 4.74 Å². The number of nitrogens with one attached hydrogen (secondary N) is 1. The minimum atomic E-state index is 0.402. The molecule has 2 nitrogen and oxygen atoms in total. The quantitative estimate of drug-likeness (QED) is 0.614. The van der Waals surface area contributed by atoms with Gasteiger partial charge in [-0.05, 0) is 12.8 Å². The van der Waals surface area contributed by atoms with Gasteiger partial charge in [0.2, 0.25) is 0 Å². The molecule has 1 rings (SSSR count). The van der Waals surface area contributed by atoms with Crippen LogP contribution in [0.1, 0.15) is 12.8 Å². The van der Waals surface area contributed by atoms with E-state index in [1.54, 1.807) is 7.11 Å². The zero-order chi connectivity index (χ0) is 7.40. The van der Waals surface area contributed by atoms with Gasteiger partial charge in [0, 0.05) is 25.6 Å². The summed E-state index contributed by atoms with van der Waals surface area (Å²) < 4.78 is 5.18. The van der Waals surface area contributed by atoms with Crippen molar-refractivity contribution in [2.45, 2.75) is 25.0 Å². The molecule has 0 radical (unpaired) electrons. The molecule has 0 amide bonds. The number of hydrogen-bond donors (Lipinski definition) is 1. The summed E-state index contributed by atoms with van der Waals surface area (Å²) in [5.74, 6) is 0.719. The van der Waals surface area contributed by atoms with Gasteiger partial charge in [0.25, 0.3) is 0 Å². The number of halogens is 1. The van der Waals surface area contributed by atoms with Crippen LogP contribution in [-0.4, -0.2) is 31.7 Å². The number of methoxy groups -OCH3 is 1. The molecular formula is C7H14ClNO. The fraction of sp³-hybridized carbons (Fsp3) is 1.00. The van der Waals surface area contributed by atoms with E-state index in [0.29, 0.717) is 12.1 Å². The minimum Gasteiger partial charge on any atom is -0.380 e. The topological polar surface area (TPSA) is 21.3 Å². The Kier molecular flexibility index (Phi) is 3.46. The molecule has 2 unspecified atom stereocenters. The first-order chi connectivity index (χ1) is 4.86. The highest BCUT2D eigenvalue weighted by atomic mass is 35.5. The Morgan fingerprint density at radius 3 is 2.80 bits per heavy atom. The van der Waals surface area contributed by atoms with Crippen LogP contribution >= 0.6 is 11.6 Å². The van der Waals surface area contributed by atoms with Crippen LogP contribution in [0.15, 0.2) is 0 Å². The van der Waals surface area contributed by atoms with E-state index in [1.807, 2.05) is 0 Å². The maximum Gasteiger partial charge on any atom is 0.0696 e. The van der Waals surface area contributed by atoms with Crippen molar-refractivity contribution in [2.24, 2.45) is 0 Å². The second-order valence-electron chi connectivity index (χ2n) is 2.69. The standard InChI is InChI=1S/C7H14ClNO/c1-10-7-3-2-6(4-8)9-5-7/h6-7,9H,2-5H2,1H3. The molecule has 2 atom stereocenters. The van der Waals surface area contributed by atoms with Crippen LogP contribution in [0.4, 0.5) is 0 Å². The summed E-state index contributed by atoms with van der Waals surface area (Å²) in [6.45, 7) is 0.952. The molecule has 0 aromatic carbocycles. The molecule has 0 aromatic heterocycles. The van der Waals surface area contributed by atoms with E-state index in [9.17, 15) is 0 Å². The molecule has 1 aliphatic rings. The summed E-state index contributed by atoms with van der Waals surface area (Å²) in [7, 11) is 1.76. The van der Waals surface area contributed by atoms with Crippen molar-refractivity contribution in [1.29, 1.82) is 0 Å². The third kappa shape index (κ3) is 2.11. The van der Waals surface area contributed by atoms with Crippen LogP contribution in [0.25, 0.3) is 0 Å². The molecule has 1 N–H and O–H groups in total. The van der Waals surface area contributed by atoms with Crippen LogP contribution in [-0.2, 0) is 4.74 Å². The maximum absolute atomic E-state index is 5.67. The lowest BCUT2D eigenvalue weighted by Crippen LogP contribution is -2.43. The van der Waals surface area contributed by atoms with Crippen LogP contribution < -0.4 is 5.32 Å². The Morgan fingerprint density at radius 1 is 1.60 bits per heavy atom. The third-order valence-electron chi connectivity index (χ3n) is 1.99. The molecule has 1 heterocycles. The highest BCUT2D eigenvalue weighted by molar-refractivity contribution is 6.18. The van der Waals surface area contributed by atoms with Crippen molar-refractivity contribution in [1.82, 2.24) is 5.32 Å². The second-order valence-corrected chi connectivity index (χ2v) is 3.00. The average Bonchev–Trinajstić information content (AvgIpc) is 2.05. The van der Waals surface area contributed by atoms with Gasteiger partial charge in [-0.1, -0.05) is 0 Å². The van der Waals surface area contributed by atoms with Gasteiger partial charge in [-0.15, -0.1) is 11.6 Å².